The highest BCUT2D eigenvalue weighted by Crippen LogP contribution is 2.23. The topological polar surface area (TPSA) is 134 Å². The molecular weight excluding hydrogens is 454 g/mol. The molecule has 3 rings (SSSR count). The predicted molar refractivity (Wildman–Crippen MR) is 113 cm³/mol. The van der Waals surface area contributed by atoms with E-state index < -0.39 is 27.2 Å². The summed E-state index contributed by atoms with van der Waals surface area (Å²) in [5.74, 6) is -1.39. The summed E-state index contributed by atoms with van der Waals surface area (Å²) in [5.41, 5.74) is 0.604. The Hall–Kier alpha value is -2.89. The van der Waals surface area contributed by atoms with Gasteiger partial charge < -0.3 is 14.6 Å². The van der Waals surface area contributed by atoms with Crippen LogP contribution in [0.2, 0.25) is 5.02 Å². The van der Waals surface area contributed by atoms with Crippen LogP contribution in [0.25, 0.3) is 0 Å². The van der Waals surface area contributed by atoms with Crippen molar-refractivity contribution in [2.45, 2.75) is 16.6 Å². The maximum atomic E-state index is 12.3. The second-order valence-corrected chi connectivity index (χ2v) is 9.08. The molecule has 156 valence electrons. The van der Waals surface area contributed by atoms with Crippen LogP contribution in [0.5, 0.6) is 5.75 Å². The number of nitrogens with one attached hydrogen (secondary N) is 1. The summed E-state index contributed by atoms with van der Waals surface area (Å²) in [7, 11) is -3.99. The van der Waals surface area contributed by atoms with Gasteiger partial charge >= 0.3 is 16.1 Å². The molecule has 1 fully saturated rings. The third-order valence-corrected chi connectivity index (χ3v) is 6.27. The number of halogens is 1. The Morgan fingerprint density at radius 3 is 2.50 bits per heavy atom. The number of nitrogens with zero attached hydrogens (tertiary/aromatic N) is 2. The first kappa shape index (κ1) is 21.8. The molecule has 1 saturated heterocycles. The van der Waals surface area contributed by atoms with Crippen molar-refractivity contribution >= 4 is 56.7 Å². The minimum atomic E-state index is -3.99. The third kappa shape index (κ3) is 5.81. The number of aliphatic carboxylic acids is 1. The quantitative estimate of drug-likeness (QED) is 0.363. The zero-order valence-corrected chi connectivity index (χ0v) is 17.4. The van der Waals surface area contributed by atoms with Gasteiger partial charge in [-0.15, -0.1) is 5.10 Å². The zero-order valence-electron chi connectivity index (χ0n) is 15.1. The number of thioether (sulfide) groups is 1. The van der Waals surface area contributed by atoms with Crippen molar-refractivity contribution in [3.05, 3.63) is 59.1 Å². The van der Waals surface area contributed by atoms with Crippen molar-refractivity contribution in [1.29, 1.82) is 0 Å². The van der Waals surface area contributed by atoms with Crippen molar-refractivity contribution in [3.63, 3.8) is 0 Å². The molecule has 2 N–H and O–H groups in total. The van der Waals surface area contributed by atoms with Crippen LogP contribution in [0.4, 0.5) is 0 Å². The minimum Gasteiger partial charge on any atom is -0.481 e. The molecule has 0 saturated carbocycles. The molecule has 9 nitrogen and oxygen atoms in total. The van der Waals surface area contributed by atoms with Crippen LogP contribution >= 0.6 is 23.4 Å². The van der Waals surface area contributed by atoms with E-state index in [0.29, 0.717) is 10.6 Å². The highest BCUT2D eigenvalue weighted by Gasteiger charge is 2.32. The van der Waals surface area contributed by atoms with Crippen molar-refractivity contribution in [1.82, 2.24) is 5.32 Å². The summed E-state index contributed by atoms with van der Waals surface area (Å²) < 4.78 is 29.6. The maximum absolute atomic E-state index is 12.3. The number of amidine groups is 1. The molecule has 1 atom stereocenters. The maximum Gasteiger partial charge on any atom is 0.339 e. The molecule has 0 radical (unpaired) electrons. The number of hydrogen-bond acceptors (Lipinski definition) is 8. The van der Waals surface area contributed by atoms with Crippen LogP contribution in [0.15, 0.2) is 63.6 Å². The molecule has 0 spiro atoms. The predicted octanol–water partition coefficient (Wildman–Crippen LogP) is 2.50. The van der Waals surface area contributed by atoms with Crippen LogP contribution in [-0.2, 0) is 19.7 Å². The Balaban J connectivity index is 1.61. The lowest BCUT2D eigenvalue weighted by Crippen LogP contribution is -2.26. The summed E-state index contributed by atoms with van der Waals surface area (Å²) in [6.45, 7) is 0. The van der Waals surface area contributed by atoms with Gasteiger partial charge in [0.1, 0.15) is 15.9 Å². The van der Waals surface area contributed by atoms with E-state index >= 15 is 0 Å². The van der Waals surface area contributed by atoms with Gasteiger partial charge in [-0.3, -0.25) is 9.59 Å². The highest BCUT2D eigenvalue weighted by molar-refractivity contribution is 8.15. The normalized spacial score (nSPS) is 18.0. The molecule has 1 heterocycles. The second kappa shape index (κ2) is 9.28. The molecule has 12 heteroatoms. The summed E-state index contributed by atoms with van der Waals surface area (Å²) in [5, 5.41) is 18.8. The van der Waals surface area contributed by atoms with Gasteiger partial charge in [0.25, 0.3) is 0 Å². The molecule has 2 aromatic carbocycles. The van der Waals surface area contributed by atoms with E-state index in [2.05, 4.69) is 15.5 Å². The third-order valence-electron chi connectivity index (χ3n) is 3.68. The van der Waals surface area contributed by atoms with E-state index in [9.17, 15) is 18.0 Å². The van der Waals surface area contributed by atoms with E-state index in [0.717, 1.165) is 11.8 Å². The Kier molecular flexibility index (Phi) is 6.75. The highest BCUT2D eigenvalue weighted by atomic mass is 35.5. The molecule has 1 aliphatic rings. The SMILES string of the molecule is O=C(O)CC1S/C(=N/N=Cc2ccc(OS(=O)(=O)c3ccc(Cl)cc3)cc2)NC1=O. The number of carboxylic acid groups (broad SMARTS) is 1. The molecule has 2 aromatic rings. The lowest BCUT2D eigenvalue weighted by molar-refractivity contribution is -0.138. The van der Waals surface area contributed by atoms with E-state index in [4.69, 9.17) is 20.9 Å². The van der Waals surface area contributed by atoms with Crippen molar-refractivity contribution in [2.75, 3.05) is 0 Å². The smallest absolute Gasteiger partial charge is 0.339 e. The Morgan fingerprint density at radius 2 is 1.87 bits per heavy atom. The largest absolute Gasteiger partial charge is 0.481 e. The first-order chi connectivity index (χ1) is 14.2. The summed E-state index contributed by atoms with van der Waals surface area (Å²) >= 11 is 6.74. The number of carboxylic acids is 1. The fourth-order valence-corrected chi connectivity index (χ4v) is 4.25. The fourth-order valence-electron chi connectivity index (χ4n) is 2.28. The average Bonchev–Trinajstić information content (AvgIpc) is 3.02. The zero-order chi connectivity index (χ0) is 21.7. The van der Waals surface area contributed by atoms with Crippen molar-refractivity contribution in [2.24, 2.45) is 10.2 Å². The van der Waals surface area contributed by atoms with Gasteiger partial charge in [0.05, 0.1) is 12.6 Å². The standard InChI is InChI=1S/C18H14ClN3O6S2/c19-12-3-7-14(8-4-12)30(26,27)28-13-5-1-11(2-6-13)10-20-22-18-21-17(25)15(29-18)9-16(23)24/h1-8,10,15H,9H2,(H,23,24)(H,21,22,25). The van der Waals surface area contributed by atoms with Gasteiger partial charge in [0.15, 0.2) is 5.17 Å². The van der Waals surface area contributed by atoms with Gasteiger partial charge in [-0.05, 0) is 54.1 Å². The summed E-state index contributed by atoms with van der Waals surface area (Å²) in [4.78, 5) is 22.3. The van der Waals surface area contributed by atoms with Crippen LogP contribution in [0.3, 0.4) is 0 Å². The number of carbonyl (C=O) groups excluding carboxylic acids is 1. The number of benzene rings is 2. The number of carbonyl (C=O) groups is 2. The van der Waals surface area contributed by atoms with Gasteiger partial charge in [-0.25, -0.2) is 0 Å². The van der Waals surface area contributed by atoms with Gasteiger partial charge in [-0.1, -0.05) is 23.4 Å². The molecule has 1 amide bonds. The van der Waals surface area contributed by atoms with Gasteiger partial charge in [0.2, 0.25) is 5.91 Å². The fraction of sp³-hybridized carbons (Fsp3) is 0.111. The number of rotatable bonds is 7. The van der Waals surface area contributed by atoms with Crippen LogP contribution in [0.1, 0.15) is 12.0 Å². The lowest BCUT2D eigenvalue weighted by atomic mass is 10.2. The molecule has 1 unspecified atom stereocenters. The average molecular weight is 468 g/mol. The summed E-state index contributed by atoms with van der Waals surface area (Å²) in [6.07, 6.45) is 1.08. The van der Waals surface area contributed by atoms with Crippen LogP contribution < -0.4 is 9.50 Å². The summed E-state index contributed by atoms with van der Waals surface area (Å²) in [6, 6.07) is 11.7. The van der Waals surface area contributed by atoms with Gasteiger partial charge in [0, 0.05) is 5.02 Å². The molecular formula is C18H14ClN3O6S2. The monoisotopic (exact) mass is 467 g/mol. The van der Waals surface area contributed by atoms with Gasteiger partial charge in [-0.2, -0.15) is 13.5 Å². The Morgan fingerprint density at radius 1 is 1.20 bits per heavy atom. The minimum absolute atomic E-state index is 0.0225. The molecule has 30 heavy (non-hydrogen) atoms. The molecule has 0 aromatic heterocycles. The van der Waals surface area contributed by atoms with E-state index in [-0.39, 0.29) is 22.2 Å². The lowest BCUT2D eigenvalue weighted by Gasteiger charge is -2.07. The molecule has 0 bridgehead atoms. The van der Waals surface area contributed by atoms with Crippen molar-refractivity contribution in [3.8, 4) is 5.75 Å². The first-order valence-corrected chi connectivity index (χ1v) is 11.0. The molecule has 0 aliphatic carbocycles. The first-order valence-electron chi connectivity index (χ1n) is 8.33. The molecule has 1 aliphatic heterocycles. The van der Waals surface area contributed by atoms with Crippen molar-refractivity contribution < 1.29 is 27.3 Å². The Labute approximate surface area is 180 Å². The van der Waals surface area contributed by atoms with Crippen LogP contribution in [0, 0.1) is 0 Å². The van der Waals surface area contributed by atoms with E-state index in [1.165, 1.54) is 42.6 Å². The number of hydrogen-bond donors (Lipinski definition) is 2. The number of amides is 1. The van der Waals surface area contributed by atoms with E-state index in [1.807, 2.05) is 0 Å². The van der Waals surface area contributed by atoms with Crippen LogP contribution in [-0.4, -0.2) is 42.0 Å². The second-order valence-electron chi connectivity index (χ2n) is 5.90. The van der Waals surface area contributed by atoms with E-state index in [1.54, 1.807) is 12.1 Å². The Bertz CT molecular complexity index is 1120.